The molecule has 0 aliphatic carbocycles. The molecule has 0 heterocycles. The summed E-state index contributed by atoms with van der Waals surface area (Å²) in [5, 5.41) is 9.36. The Morgan fingerprint density at radius 2 is 2.14 bits per heavy atom. The maximum atomic E-state index is 10.6. The third kappa shape index (κ3) is 2.64. The molecule has 4 heteroatoms. The van der Waals surface area contributed by atoms with Crippen LogP contribution in [-0.2, 0) is 4.79 Å². The molecule has 1 rings (SSSR count). The van der Waals surface area contributed by atoms with Crippen LogP contribution in [0.4, 0.5) is 0 Å². The van der Waals surface area contributed by atoms with Crippen LogP contribution >= 0.6 is 11.6 Å². The second-order valence-corrected chi connectivity index (χ2v) is 3.85. The Kier molecular flexibility index (Phi) is 3.01. The first-order chi connectivity index (χ1) is 6.44. The summed E-state index contributed by atoms with van der Waals surface area (Å²) in [6, 6.07) is 4.32. The molecule has 1 N–H and O–H groups in total. The second-order valence-electron chi connectivity index (χ2n) is 3.44. The van der Waals surface area contributed by atoms with Gasteiger partial charge in [-0.3, -0.25) is 4.79 Å². The smallest absolute Gasteiger partial charge is 0.162 e. The first kappa shape index (κ1) is 10.9. The first-order valence-electron chi connectivity index (χ1n) is 4.08. The third-order valence-corrected chi connectivity index (χ3v) is 1.87. The number of benzene rings is 1. The maximum absolute atomic E-state index is 10.6. The molecule has 0 aliphatic rings. The van der Waals surface area contributed by atoms with Gasteiger partial charge in [0.15, 0.2) is 11.9 Å². The van der Waals surface area contributed by atoms with Gasteiger partial charge in [0.2, 0.25) is 0 Å². The standard InChI is InChI=1S/C10H11ClO3/c1-10(2,6-12)14-9-4-3-7(13)5-8(9)11/h3-6,13H,1-2H3. The molecule has 0 saturated carbocycles. The second kappa shape index (κ2) is 3.88. The predicted molar refractivity (Wildman–Crippen MR) is 53.9 cm³/mol. The minimum atomic E-state index is -0.916. The fraction of sp³-hybridized carbons (Fsp3) is 0.300. The molecule has 76 valence electrons. The Hall–Kier alpha value is -1.22. The highest BCUT2D eigenvalue weighted by molar-refractivity contribution is 6.32. The summed E-state index contributed by atoms with van der Waals surface area (Å²) in [5.74, 6) is 0.438. The van der Waals surface area contributed by atoms with Crippen LogP contribution in [0.5, 0.6) is 11.5 Å². The lowest BCUT2D eigenvalue weighted by Gasteiger charge is -2.20. The molecule has 0 saturated heterocycles. The number of aldehydes is 1. The minimum absolute atomic E-state index is 0.0614. The normalized spacial score (nSPS) is 11.1. The molecule has 3 nitrogen and oxygen atoms in total. The van der Waals surface area contributed by atoms with E-state index in [-0.39, 0.29) is 10.8 Å². The number of phenols is 1. The van der Waals surface area contributed by atoms with Crippen LogP contribution in [0.25, 0.3) is 0 Å². The van der Waals surface area contributed by atoms with Crippen LogP contribution in [0, 0.1) is 0 Å². The number of ether oxygens (including phenoxy) is 1. The molecule has 1 aromatic carbocycles. The quantitative estimate of drug-likeness (QED) is 0.786. The van der Waals surface area contributed by atoms with Gasteiger partial charge in [-0.15, -0.1) is 0 Å². The van der Waals surface area contributed by atoms with Crippen LogP contribution in [0.15, 0.2) is 18.2 Å². The Labute approximate surface area is 87.3 Å². The van der Waals surface area contributed by atoms with Crippen molar-refractivity contribution in [2.24, 2.45) is 0 Å². The van der Waals surface area contributed by atoms with Gasteiger partial charge >= 0.3 is 0 Å². The number of hydrogen-bond donors (Lipinski definition) is 1. The lowest BCUT2D eigenvalue weighted by Crippen LogP contribution is -2.29. The van der Waals surface area contributed by atoms with E-state index in [2.05, 4.69) is 0 Å². The van der Waals surface area contributed by atoms with Gasteiger partial charge in [-0.1, -0.05) is 11.6 Å². The van der Waals surface area contributed by atoms with Gasteiger partial charge in [-0.05, 0) is 26.0 Å². The molecule has 0 aromatic heterocycles. The highest BCUT2D eigenvalue weighted by Gasteiger charge is 2.19. The van der Waals surface area contributed by atoms with Crippen LogP contribution in [0.1, 0.15) is 13.8 Å². The fourth-order valence-electron chi connectivity index (χ4n) is 0.880. The number of carbonyl (C=O) groups excluding carboxylic acids is 1. The van der Waals surface area contributed by atoms with Crippen molar-refractivity contribution in [1.82, 2.24) is 0 Å². The number of phenolic OH excluding ortho intramolecular Hbond substituents is 1. The van der Waals surface area contributed by atoms with E-state index in [1.54, 1.807) is 13.8 Å². The van der Waals surface area contributed by atoms with E-state index in [1.807, 2.05) is 0 Å². The summed E-state index contributed by atoms with van der Waals surface area (Å²) in [6.45, 7) is 3.26. The van der Waals surface area contributed by atoms with E-state index in [1.165, 1.54) is 18.2 Å². The summed E-state index contributed by atoms with van der Waals surface area (Å²) < 4.78 is 5.33. The number of halogens is 1. The maximum Gasteiger partial charge on any atom is 0.162 e. The van der Waals surface area contributed by atoms with E-state index >= 15 is 0 Å². The van der Waals surface area contributed by atoms with Gasteiger partial charge in [0, 0.05) is 6.07 Å². The SMILES string of the molecule is CC(C)(C=O)Oc1ccc(O)cc1Cl. The molecule has 0 unspecified atom stereocenters. The molecule has 0 bridgehead atoms. The van der Waals surface area contributed by atoms with Gasteiger partial charge in [0.1, 0.15) is 11.5 Å². The minimum Gasteiger partial charge on any atom is -0.508 e. The highest BCUT2D eigenvalue weighted by Crippen LogP contribution is 2.30. The van der Waals surface area contributed by atoms with Crippen LogP contribution in [0.2, 0.25) is 5.02 Å². The summed E-state index contributed by atoms with van der Waals surface area (Å²) >= 11 is 5.79. The third-order valence-electron chi connectivity index (χ3n) is 1.57. The number of rotatable bonds is 3. The summed E-state index contributed by atoms with van der Waals surface area (Å²) in [6.07, 6.45) is 0.691. The fourth-order valence-corrected chi connectivity index (χ4v) is 1.09. The van der Waals surface area contributed by atoms with Crippen molar-refractivity contribution in [3.63, 3.8) is 0 Å². The molecule has 0 radical (unpaired) electrons. The van der Waals surface area contributed by atoms with Crippen molar-refractivity contribution < 1.29 is 14.6 Å². The Bertz CT molecular complexity index is 347. The first-order valence-corrected chi connectivity index (χ1v) is 4.46. The molecule has 0 amide bonds. The zero-order valence-electron chi connectivity index (χ0n) is 7.95. The molecule has 0 spiro atoms. The average Bonchev–Trinajstić information content (AvgIpc) is 2.10. The van der Waals surface area contributed by atoms with Crippen LogP contribution in [-0.4, -0.2) is 17.0 Å². The van der Waals surface area contributed by atoms with Crippen molar-refractivity contribution in [3.8, 4) is 11.5 Å². The van der Waals surface area contributed by atoms with Gasteiger partial charge in [0.05, 0.1) is 5.02 Å². The van der Waals surface area contributed by atoms with Crippen molar-refractivity contribution in [2.75, 3.05) is 0 Å². The Morgan fingerprint density at radius 1 is 1.50 bits per heavy atom. The van der Waals surface area contributed by atoms with Gasteiger partial charge in [0.25, 0.3) is 0 Å². The summed E-state index contributed by atoms with van der Waals surface area (Å²) in [7, 11) is 0. The molecule has 1 aromatic rings. The van der Waals surface area contributed by atoms with E-state index in [9.17, 15) is 4.79 Å². The number of carbonyl (C=O) groups is 1. The van der Waals surface area contributed by atoms with E-state index in [0.717, 1.165) is 0 Å². The number of hydrogen-bond acceptors (Lipinski definition) is 3. The van der Waals surface area contributed by atoms with E-state index in [4.69, 9.17) is 21.4 Å². The molecule has 0 aliphatic heterocycles. The Balaban J connectivity index is 2.92. The molecule has 0 fully saturated rings. The summed E-state index contributed by atoms with van der Waals surface area (Å²) in [4.78, 5) is 10.6. The molecule has 14 heavy (non-hydrogen) atoms. The lowest BCUT2D eigenvalue weighted by atomic mass is 10.2. The largest absolute Gasteiger partial charge is 0.508 e. The average molecular weight is 215 g/mol. The van der Waals surface area contributed by atoms with Crippen LogP contribution < -0.4 is 4.74 Å². The van der Waals surface area contributed by atoms with Crippen LogP contribution in [0.3, 0.4) is 0 Å². The van der Waals surface area contributed by atoms with Crippen molar-refractivity contribution in [2.45, 2.75) is 19.4 Å². The highest BCUT2D eigenvalue weighted by atomic mass is 35.5. The monoisotopic (exact) mass is 214 g/mol. The molecule has 0 atom stereocenters. The van der Waals surface area contributed by atoms with Gasteiger partial charge in [-0.2, -0.15) is 0 Å². The molecular weight excluding hydrogens is 204 g/mol. The Morgan fingerprint density at radius 3 is 2.64 bits per heavy atom. The number of aromatic hydroxyl groups is 1. The zero-order valence-corrected chi connectivity index (χ0v) is 8.71. The topological polar surface area (TPSA) is 46.5 Å². The summed E-state index contributed by atoms with van der Waals surface area (Å²) in [5.41, 5.74) is -0.916. The van der Waals surface area contributed by atoms with E-state index in [0.29, 0.717) is 12.0 Å². The molecular formula is C10H11ClO3. The van der Waals surface area contributed by atoms with Crippen molar-refractivity contribution in [3.05, 3.63) is 23.2 Å². The predicted octanol–water partition coefficient (Wildman–Crippen LogP) is 2.40. The van der Waals surface area contributed by atoms with Gasteiger partial charge in [-0.25, -0.2) is 0 Å². The zero-order chi connectivity index (χ0) is 10.8. The van der Waals surface area contributed by atoms with Crippen molar-refractivity contribution in [1.29, 1.82) is 0 Å². The van der Waals surface area contributed by atoms with Crippen molar-refractivity contribution >= 4 is 17.9 Å². The van der Waals surface area contributed by atoms with Gasteiger partial charge < -0.3 is 9.84 Å². The van der Waals surface area contributed by atoms with E-state index < -0.39 is 5.60 Å². The lowest BCUT2D eigenvalue weighted by molar-refractivity contribution is -0.118.